The Bertz CT molecular complexity index is 1190. The minimum absolute atomic E-state index is 0.263. The molecule has 0 saturated carbocycles. The molecule has 0 atom stereocenters. The summed E-state index contributed by atoms with van der Waals surface area (Å²) in [5.41, 5.74) is 5.02. The molecular formula is C23H22N4O2S. The zero-order chi connectivity index (χ0) is 21.1. The van der Waals surface area contributed by atoms with E-state index in [1.165, 1.54) is 11.8 Å². The number of aryl methyl sites for hydroxylation is 2. The van der Waals surface area contributed by atoms with Crippen LogP contribution in [-0.2, 0) is 11.2 Å². The maximum Gasteiger partial charge on any atom is 0.311 e. The molecule has 0 saturated heterocycles. The Morgan fingerprint density at radius 2 is 1.70 bits per heavy atom. The smallest absolute Gasteiger partial charge is 0.311 e. The summed E-state index contributed by atoms with van der Waals surface area (Å²) in [6.45, 7) is 3.91. The molecule has 0 unspecified atom stereocenters. The number of benzene rings is 2. The van der Waals surface area contributed by atoms with E-state index in [4.69, 9.17) is 4.74 Å². The van der Waals surface area contributed by atoms with E-state index in [1.54, 1.807) is 4.52 Å². The Morgan fingerprint density at radius 3 is 2.40 bits per heavy atom. The fourth-order valence-corrected chi connectivity index (χ4v) is 3.73. The molecule has 0 amide bonds. The summed E-state index contributed by atoms with van der Waals surface area (Å²) in [6.07, 6.45) is 2.73. The van der Waals surface area contributed by atoms with Crippen molar-refractivity contribution in [1.82, 2.24) is 19.6 Å². The van der Waals surface area contributed by atoms with Crippen molar-refractivity contribution in [2.45, 2.75) is 31.8 Å². The first kappa shape index (κ1) is 20.1. The molecule has 2 heterocycles. The van der Waals surface area contributed by atoms with Crippen LogP contribution < -0.4 is 4.74 Å². The number of carbonyl (C=O) groups excluding carboxylic acids is 1. The minimum atomic E-state index is -0.273. The van der Waals surface area contributed by atoms with Crippen LogP contribution in [0.1, 0.15) is 23.4 Å². The first-order valence-corrected chi connectivity index (χ1v) is 10.9. The zero-order valence-corrected chi connectivity index (χ0v) is 17.9. The molecule has 0 aliphatic rings. The number of aromatic nitrogens is 4. The number of nitrogens with zero attached hydrogens (tertiary/aromatic N) is 4. The molecule has 0 bridgehead atoms. The van der Waals surface area contributed by atoms with Crippen molar-refractivity contribution < 1.29 is 9.53 Å². The largest absolute Gasteiger partial charge is 0.427 e. The van der Waals surface area contributed by atoms with Gasteiger partial charge in [0.2, 0.25) is 5.16 Å². The van der Waals surface area contributed by atoms with Crippen molar-refractivity contribution >= 4 is 23.5 Å². The molecule has 6 nitrogen and oxygen atoms in total. The summed E-state index contributed by atoms with van der Waals surface area (Å²) < 4.78 is 7.26. The maximum atomic E-state index is 12.4. The summed E-state index contributed by atoms with van der Waals surface area (Å²) in [4.78, 5) is 21.3. The fraction of sp³-hybridized carbons (Fsp3) is 0.217. The third kappa shape index (κ3) is 4.21. The molecule has 0 radical (unpaired) electrons. The van der Waals surface area contributed by atoms with Crippen LogP contribution >= 0.6 is 11.8 Å². The zero-order valence-electron chi connectivity index (χ0n) is 17.1. The highest BCUT2D eigenvalue weighted by molar-refractivity contribution is 7.98. The minimum Gasteiger partial charge on any atom is -0.427 e. The number of hydrogen-bond acceptors (Lipinski definition) is 6. The molecule has 7 heteroatoms. The maximum absolute atomic E-state index is 12.4. The first-order chi connectivity index (χ1) is 14.5. The van der Waals surface area contributed by atoms with Crippen LogP contribution in [0.15, 0.2) is 59.8 Å². The lowest BCUT2D eigenvalue weighted by atomic mass is 10.1. The highest BCUT2D eigenvalue weighted by Gasteiger charge is 2.15. The van der Waals surface area contributed by atoms with Gasteiger partial charge in [-0.05, 0) is 55.3 Å². The predicted octanol–water partition coefficient (Wildman–Crippen LogP) is 4.67. The van der Waals surface area contributed by atoms with Gasteiger partial charge in [-0.3, -0.25) is 4.79 Å². The van der Waals surface area contributed by atoms with Crippen LogP contribution in [0.25, 0.3) is 16.9 Å². The quantitative estimate of drug-likeness (QED) is 0.257. The standard InChI is InChI=1S/C23H22N4O2S/c1-15-20(16(2)27-22(24-15)25-23(26-27)30-3)13-14-21(28)29-19-11-9-18(10-12-19)17-7-5-4-6-8-17/h4-12H,13-14H2,1-3H3. The number of rotatable bonds is 6. The Morgan fingerprint density at radius 1 is 1.00 bits per heavy atom. The molecule has 30 heavy (non-hydrogen) atoms. The molecule has 0 aliphatic carbocycles. The van der Waals surface area contributed by atoms with E-state index < -0.39 is 0 Å². The summed E-state index contributed by atoms with van der Waals surface area (Å²) >= 11 is 1.48. The second-order valence-corrected chi connectivity index (χ2v) is 7.71. The van der Waals surface area contributed by atoms with Gasteiger partial charge in [-0.2, -0.15) is 4.98 Å². The van der Waals surface area contributed by atoms with Crippen molar-refractivity contribution in [3.05, 3.63) is 71.5 Å². The van der Waals surface area contributed by atoms with E-state index >= 15 is 0 Å². The third-order valence-corrected chi connectivity index (χ3v) is 5.52. The van der Waals surface area contributed by atoms with E-state index in [2.05, 4.69) is 15.1 Å². The lowest BCUT2D eigenvalue weighted by Crippen LogP contribution is -2.12. The highest BCUT2D eigenvalue weighted by atomic mass is 32.2. The SMILES string of the molecule is CSc1nc2nc(C)c(CCC(=O)Oc3ccc(-c4ccccc4)cc3)c(C)n2n1. The van der Waals surface area contributed by atoms with Crippen LogP contribution in [0.3, 0.4) is 0 Å². The third-order valence-electron chi connectivity index (χ3n) is 4.98. The van der Waals surface area contributed by atoms with Crippen LogP contribution in [0.4, 0.5) is 0 Å². The van der Waals surface area contributed by atoms with Gasteiger partial charge in [0.05, 0.1) is 6.42 Å². The monoisotopic (exact) mass is 418 g/mol. The van der Waals surface area contributed by atoms with Gasteiger partial charge in [-0.1, -0.05) is 54.2 Å². The molecule has 2 aromatic carbocycles. The molecule has 2 aromatic heterocycles. The molecule has 4 rings (SSSR count). The van der Waals surface area contributed by atoms with Crippen molar-refractivity contribution in [3.63, 3.8) is 0 Å². The van der Waals surface area contributed by atoms with Crippen molar-refractivity contribution in [2.24, 2.45) is 0 Å². The Kier molecular flexibility index (Phi) is 5.81. The number of fused-ring (bicyclic) bond motifs is 1. The van der Waals surface area contributed by atoms with Gasteiger partial charge in [0.25, 0.3) is 5.78 Å². The molecule has 152 valence electrons. The number of ether oxygens (including phenoxy) is 1. The van der Waals surface area contributed by atoms with E-state index in [9.17, 15) is 4.79 Å². The highest BCUT2D eigenvalue weighted by Crippen LogP contribution is 2.23. The Labute approximate surface area is 179 Å². The van der Waals surface area contributed by atoms with Gasteiger partial charge < -0.3 is 4.74 Å². The van der Waals surface area contributed by atoms with Crippen molar-refractivity contribution in [1.29, 1.82) is 0 Å². The fourth-order valence-electron chi connectivity index (χ4n) is 3.39. The first-order valence-electron chi connectivity index (χ1n) is 9.68. The molecule has 0 N–H and O–H groups in total. The van der Waals surface area contributed by atoms with E-state index in [0.29, 0.717) is 23.1 Å². The Hall–Kier alpha value is -3.19. The van der Waals surface area contributed by atoms with Crippen molar-refractivity contribution in [3.8, 4) is 16.9 Å². The summed E-state index contributed by atoms with van der Waals surface area (Å²) in [7, 11) is 0. The van der Waals surface area contributed by atoms with E-state index in [0.717, 1.165) is 28.1 Å². The Balaban J connectivity index is 1.42. The number of carbonyl (C=O) groups is 1. The average molecular weight is 419 g/mol. The summed E-state index contributed by atoms with van der Waals surface area (Å²) in [5, 5.41) is 5.13. The molecular weight excluding hydrogens is 396 g/mol. The second kappa shape index (κ2) is 8.67. The second-order valence-electron chi connectivity index (χ2n) is 6.94. The summed E-state index contributed by atoms with van der Waals surface area (Å²) in [5.74, 6) is 0.853. The van der Waals surface area contributed by atoms with Crippen LogP contribution in [-0.4, -0.2) is 31.8 Å². The van der Waals surface area contributed by atoms with Gasteiger partial charge >= 0.3 is 5.97 Å². The van der Waals surface area contributed by atoms with Gasteiger partial charge in [0.1, 0.15) is 5.75 Å². The number of thioether (sulfide) groups is 1. The normalized spacial score (nSPS) is 11.0. The van der Waals surface area contributed by atoms with Crippen LogP contribution in [0.5, 0.6) is 5.75 Å². The average Bonchev–Trinajstić information content (AvgIpc) is 3.18. The van der Waals surface area contributed by atoms with E-state index in [-0.39, 0.29) is 12.4 Å². The van der Waals surface area contributed by atoms with Crippen molar-refractivity contribution in [2.75, 3.05) is 6.26 Å². The van der Waals surface area contributed by atoms with Gasteiger partial charge in [0.15, 0.2) is 0 Å². The molecule has 0 fully saturated rings. The summed E-state index contributed by atoms with van der Waals surface area (Å²) in [6, 6.07) is 17.6. The molecule has 0 spiro atoms. The topological polar surface area (TPSA) is 69.4 Å². The van der Waals surface area contributed by atoms with Crippen LogP contribution in [0, 0.1) is 13.8 Å². The molecule has 0 aliphatic heterocycles. The number of hydrogen-bond donors (Lipinski definition) is 0. The number of esters is 1. The lowest BCUT2D eigenvalue weighted by Gasteiger charge is -2.10. The van der Waals surface area contributed by atoms with Crippen LogP contribution in [0.2, 0.25) is 0 Å². The predicted molar refractivity (Wildman–Crippen MR) is 118 cm³/mol. The van der Waals surface area contributed by atoms with E-state index in [1.807, 2.05) is 74.7 Å². The lowest BCUT2D eigenvalue weighted by molar-refractivity contribution is -0.134. The van der Waals surface area contributed by atoms with Gasteiger partial charge in [-0.15, -0.1) is 5.10 Å². The van der Waals surface area contributed by atoms with Gasteiger partial charge in [-0.25, -0.2) is 9.50 Å². The molecule has 4 aromatic rings. The van der Waals surface area contributed by atoms with Gasteiger partial charge in [0, 0.05) is 11.4 Å².